The summed E-state index contributed by atoms with van der Waals surface area (Å²) in [5.41, 5.74) is 3.43. The molecule has 0 fully saturated rings. The van der Waals surface area contributed by atoms with E-state index in [2.05, 4.69) is 39.7 Å². The van der Waals surface area contributed by atoms with E-state index in [9.17, 15) is 0 Å². The number of hydrogen-bond donors (Lipinski definition) is 2. The summed E-state index contributed by atoms with van der Waals surface area (Å²) in [5.74, 6) is 0.820. The lowest BCUT2D eigenvalue weighted by Gasteiger charge is -2.12. The van der Waals surface area contributed by atoms with Crippen LogP contribution in [0.3, 0.4) is 0 Å². The summed E-state index contributed by atoms with van der Waals surface area (Å²) in [4.78, 5) is 9.01. The van der Waals surface area contributed by atoms with Gasteiger partial charge < -0.3 is 15.4 Å². The molecule has 1 aromatic heterocycles. The average Bonchev–Trinajstić information content (AvgIpc) is 2.62. The summed E-state index contributed by atoms with van der Waals surface area (Å²) in [5, 5.41) is 6.64. The van der Waals surface area contributed by atoms with Crippen LogP contribution in [0, 0.1) is 0 Å². The van der Waals surface area contributed by atoms with E-state index >= 15 is 0 Å². The number of nitrogens with zero attached hydrogens (tertiary/aromatic N) is 2. The minimum Gasteiger partial charge on any atom is -0.380 e. The van der Waals surface area contributed by atoms with Crippen LogP contribution >= 0.6 is 24.0 Å². The van der Waals surface area contributed by atoms with Gasteiger partial charge in [-0.05, 0) is 30.2 Å². The fourth-order valence-corrected chi connectivity index (χ4v) is 2.37. The van der Waals surface area contributed by atoms with Crippen LogP contribution in [-0.4, -0.2) is 31.1 Å². The van der Waals surface area contributed by atoms with E-state index in [0.29, 0.717) is 13.2 Å². The Hall–Kier alpha value is -1.67. The molecule has 1 heterocycles. The molecule has 0 spiro atoms. The first-order valence-electron chi connectivity index (χ1n) is 8.31. The third-order valence-electron chi connectivity index (χ3n) is 3.57. The van der Waals surface area contributed by atoms with Gasteiger partial charge in [0.1, 0.15) is 0 Å². The van der Waals surface area contributed by atoms with Gasteiger partial charge >= 0.3 is 0 Å². The Morgan fingerprint density at radius 3 is 2.52 bits per heavy atom. The number of pyridine rings is 1. The Balaban J connectivity index is 0.00000312. The lowest BCUT2D eigenvalue weighted by molar-refractivity contribution is 0.184. The molecule has 0 aliphatic rings. The van der Waals surface area contributed by atoms with Crippen LogP contribution in [0.1, 0.15) is 23.7 Å². The van der Waals surface area contributed by atoms with E-state index in [4.69, 9.17) is 4.74 Å². The summed E-state index contributed by atoms with van der Waals surface area (Å²) >= 11 is 0. The molecule has 0 aliphatic carbocycles. The van der Waals surface area contributed by atoms with Gasteiger partial charge in [0.2, 0.25) is 0 Å². The number of methoxy groups -OCH3 is 1. The van der Waals surface area contributed by atoms with E-state index < -0.39 is 0 Å². The first-order valence-corrected chi connectivity index (χ1v) is 8.31. The predicted octanol–water partition coefficient (Wildman–Crippen LogP) is 3.14. The first-order chi connectivity index (χ1) is 11.8. The van der Waals surface area contributed by atoms with E-state index in [0.717, 1.165) is 31.2 Å². The number of rotatable bonds is 8. The van der Waals surface area contributed by atoms with Crippen LogP contribution in [0.5, 0.6) is 0 Å². The molecule has 5 nitrogen and oxygen atoms in total. The molecule has 1 aromatic carbocycles. The van der Waals surface area contributed by atoms with Crippen molar-refractivity contribution in [3.8, 4) is 0 Å². The van der Waals surface area contributed by atoms with Gasteiger partial charge in [-0.1, -0.05) is 30.3 Å². The number of ether oxygens (including phenoxy) is 1. The van der Waals surface area contributed by atoms with Gasteiger partial charge in [-0.25, -0.2) is 4.99 Å². The maximum Gasteiger partial charge on any atom is 0.191 e. The Bertz CT molecular complexity index is 634. The minimum atomic E-state index is 0. The number of aromatic nitrogens is 1. The van der Waals surface area contributed by atoms with Crippen molar-refractivity contribution >= 4 is 29.9 Å². The molecule has 6 heteroatoms. The normalized spacial score (nSPS) is 10.9. The number of halogens is 1. The van der Waals surface area contributed by atoms with Gasteiger partial charge in [-0.15, -0.1) is 24.0 Å². The van der Waals surface area contributed by atoms with E-state index in [1.54, 1.807) is 7.11 Å². The van der Waals surface area contributed by atoms with Gasteiger partial charge in [0.25, 0.3) is 0 Å². The van der Waals surface area contributed by atoms with Gasteiger partial charge in [0.05, 0.1) is 13.2 Å². The average molecular weight is 454 g/mol. The minimum absolute atomic E-state index is 0. The Morgan fingerprint density at radius 2 is 1.84 bits per heavy atom. The van der Waals surface area contributed by atoms with Crippen LogP contribution in [-0.2, 0) is 24.3 Å². The molecule has 2 rings (SSSR count). The molecule has 0 radical (unpaired) electrons. The zero-order valence-corrected chi connectivity index (χ0v) is 17.2. The number of benzene rings is 1. The third-order valence-corrected chi connectivity index (χ3v) is 3.57. The zero-order valence-electron chi connectivity index (χ0n) is 14.9. The highest BCUT2D eigenvalue weighted by Crippen LogP contribution is 2.11. The van der Waals surface area contributed by atoms with Crippen molar-refractivity contribution in [1.82, 2.24) is 15.6 Å². The van der Waals surface area contributed by atoms with Crippen molar-refractivity contribution in [2.24, 2.45) is 4.99 Å². The molecular weight excluding hydrogens is 427 g/mol. The molecular formula is C19H27IN4O. The quantitative estimate of drug-likeness (QED) is 0.366. The number of nitrogens with one attached hydrogen (secondary N) is 2. The highest BCUT2D eigenvalue weighted by Gasteiger charge is 2.02. The van der Waals surface area contributed by atoms with Crippen molar-refractivity contribution in [2.45, 2.75) is 26.5 Å². The van der Waals surface area contributed by atoms with E-state index in [1.165, 1.54) is 11.1 Å². The van der Waals surface area contributed by atoms with Crippen LogP contribution in [0.25, 0.3) is 0 Å². The number of guanidine groups is 1. The van der Waals surface area contributed by atoms with Crippen molar-refractivity contribution < 1.29 is 4.74 Å². The monoisotopic (exact) mass is 454 g/mol. The topological polar surface area (TPSA) is 58.5 Å². The van der Waals surface area contributed by atoms with Crippen LogP contribution in [0.15, 0.2) is 53.7 Å². The Labute approximate surface area is 167 Å². The second-order valence-electron chi connectivity index (χ2n) is 5.39. The standard InChI is InChI=1S/C19H26N4O.HI/c1-3-20-19(22-13-11-18-10-6-7-12-21-18)23-14-16-8-4-5-9-17(16)15-24-2;/h4-10,12H,3,11,13-15H2,1-2H3,(H2,20,22,23);1H. The van der Waals surface area contributed by atoms with Crippen molar-refractivity contribution in [3.05, 3.63) is 65.5 Å². The zero-order chi connectivity index (χ0) is 17.0. The maximum atomic E-state index is 5.25. The molecule has 0 amide bonds. The summed E-state index contributed by atoms with van der Waals surface area (Å²) in [6.45, 7) is 4.92. The van der Waals surface area contributed by atoms with Crippen molar-refractivity contribution in [1.29, 1.82) is 0 Å². The lowest BCUT2D eigenvalue weighted by Crippen LogP contribution is -2.38. The molecule has 0 saturated heterocycles. The Morgan fingerprint density at radius 1 is 1.08 bits per heavy atom. The lowest BCUT2D eigenvalue weighted by atomic mass is 10.1. The van der Waals surface area contributed by atoms with Gasteiger partial charge in [-0.3, -0.25) is 4.98 Å². The molecule has 0 aliphatic heterocycles. The predicted molar refractivity (Wildman–Crippen MR) is 113 cm³/mol. The number of hydrogen-bond acceptors (Lipinski definition) is 3. The molecule has 0 atom stereocenters. The summed E-state index contributed by atoms with van der Waals surface area (Å²) < 4.78 is 5.25. The van der Waals surface area contributed by atoms with Crippen LogP contribution in [0.4, 0.5) is 0 Å². The van der Waals surface area contributed by atoms with Crippen LogP contribution in [0.2, 0.25) is 0 Å². The smallest absolute Gasteiger partial charge is 0.191 e. The summed E-state index contributed by atoms with van der Waals surface area (Å²) in [7, 11) is 1.71. The van der Waals surface area contributed by atoms with Crippen molar-refractivity contribution in [2.75, 3.05) is 20.2 Å². The largest absolute Gasteiger partial charge is 0.380 e. The highest BCUT2D eigenvalue weighted by molar-refractivity contribution is 14.0. The second kappa shape index (κ2) is 12.7. The molecule has 0 unspecified atom stereocenters. The molecule has 0 saturated carbocycles. The molecule has 0 bridgehead atoms. The van der Waals surface area contributed by atoms with Gasteiger partial charge in [-0.2, -0.15) is 0 Å². The van der Waals surface area contributed by atoms with E-state index in [1.807, 2.05) is 36.5 Å². The van der Waals surface area contributed by atoms with Gasteiger partial charge in [0.15, 0.2) is 5.96 Å². The molecule has 2 aromatic rings. The second-order valence-corrected chi connectivity index (χ2v) is 5.39. The first kappa shape index (κ1) is 21.4. The number of aliphatic imine (C=N–C) groups is 1. The summed E-state index contributed by atoms with van der Waals surface area (Å²) in [6, 6.07) is 14.2. The van der Waals surface area contributed by atoms with Crippen molar-refractivity contribution in [3.63, 3.8) is 0 Å². The molecule has 136 valence electrons. The highest BCUT2D eigenvalue weighted by atomic mass is 127. The third kappa shape index (κ3) is 7.83. The Kier molecular flexibility index (Phi) is 10.8. The van der Waals surface area contributed by atoms with E-state index in [-0.39, 0.29) is 24.0 Å². The fourth-order valence-electron chi connectivity index (χ4n) is 2.37. The fraction of sp³-hybridized carbons (Fsp3) is 0.368. The molecule has 2 N–H and O–H groups in total. The van der Waals surface area contributed by atoms with Gasteiger partial charge in [0, 0.05) is 38.5 Å². The maximum absolute atomic E-state index is 5.25. The summed E-state index contributed by atoms with van der Waals surface area (Å²) in [6.07, 6.45) is 2.69. The molecule has 25 heavy (non-hydrogen) atoms. The SMILES string of the molecule is CCNC(=NCc1ccccc1COC)NCCc1ccccn1.I. The van der Waals surface area contributed by atoms with Crippen LogP contribution < -0.4 is 10.6 Å².